The molecule has 4 heterocycles. The SMILES string of the molecule is O=C1[C@@H]2[C@@H](C(=O)N1c1ncn(Cc3ccc(Cl)cc3Cl)n1)[C@H]1CC[C@@H]2O1. The lowest BCUT2D eigenvalue weighted by atomic mass is 9.81. The zero-order chi connectivity index (χ0) is 18.0. The van der Waals surface area contributed by atoms with Crippen molar-refractivity contribution in [2.75, 3.05) is 4.90 Å². The third kappa shape index (κ3) is 2.31. The van der Waals surface area contributed by atoms with E-state index in [9.17, 15) is 9.59 Å². The molecule has 0 aliphatic carbocycles. The number of hydrogen-bond donors (Lipinski definition) is 0. The van der Waals surface area contributed by atoms with Crippen LogP contribution in [0.2, 0.25) is 10.0 Å². The summed E-state index contributed by atoms with van der Waals surface area (Å²) in [6, 6.07) is 5.20. The molecular weight excluding hydrogens is 379 g/mol. The molecule has 0 unspecified atom stereocenters. The number of carbonyl (C=O) groups excluding carboxylic acids is 2. The maximum Gasteiger partial charge on any atom is 0.258 e. The molecule has 0 N–H and O–H groups in total. The van der Waals surface area contributed by atoms with Crippen LogP contribution >= 0.6 is 23.2 Å². The number of halogens is 2. The van der Waals surface area contributed by atoms with Crippen LogP contribution in [0.4, 0.5) is 5.95 Å². The molecule has 0 saturated carbocycles. The normalized spacial score (nSPS) is 29.7. The molecule has 3 fully saturated rings. The van der Waals surface area contributed by atoms with E-state index in [1.54, 1.807) is 22.9 Å². The average Bonchev–Trinajstić information content (AvgIpc) is 3.35. The second kappa shape index (κ2) is 5.77. The third-order valence-corrected chi connectivity index (χ3v) is 5.94. The van der Waals surface area contributed by atoms with Gasteiger partial charge in [0.2, 0.25) is 11.8 Å². The van der Waals surface area contributed by atoms with E-state index in [0.29, 0.717) is 16.6 Å². The van der Waals surface area contributed by atoms with Crippen LogP contribution in [0.3, 0.4) is 0 Å². The van der Waals surface area contributed by atoms with Gasteiger partial charge in [-0.1, -0.05) is 29.3 Å². The van der Waals surface area contributed by atoms with Crippen LogP contribution in [-0.4, -0.2) is 38.8 Å². The van der Waals surface area contributed by atoms with Gasteiger partial charge in [-0.05, 0) is 30.5 Å². The quantitative estimate of drug-likeness (QED) is 0.748. The summed E-state index contributed by atoms with van der Waals surface area (Å²) in [7, 11) is 0. The highest BCUT2D eigenvalue weighted by Gasteiger charge is 2.63. The molecule has 2 amide bonds. The van der Waals surface area contributed by atoms with Crippen LogP contribution in [0, 0.1) is 11.8 Å². The van der Waals surface area contributed by atoms with E-state index in [1.165, 1.54) is 6.33 Å². The average molecular weight is 393 g/mol. The lowest BCUT2D eigenvalue weighted by molar-refractivity contribution is -0.124. The van der Waals surface area contributed by atoms with Crippen molar-refractivity contribution in [3.63, 3.8) is 0 Å². The van der Waals surface area contributed by atoms with E-state index in [-0.39, 0.29) is 41.8 Å². The summed E-state index contributed by atoms with van der Waals surface area (Å²) in [4.78, 5) is 30.8. The first kappa shape index (κ1) is 16.2. The van der Waals surface area contributed by atoms with Crippen molar-refractivity contribution >= 4 is 41.0 Å². The fourth-order valence-electron chi connectivity index (χ4n) is 4.20. The minimum atomic E-state index is -0.390. The highest BCUT2D eigenvalue weighted by molar-refractivity contribution is 6.35. The molecule has 0 spiro atoms. The number of anilines is 1. The molecule has 3 aliphatic heterocycles. The maximum atomic E-state index is 12.7. The minimum absolute atomic E-state index is 0.110. The molecule has 1 aromatic heterocycles. The van der Waals surface area contributed by atoms with Gasteiger partial charge in [-0.15, -0.1) is 5.10 Å². The number of amides is 2. The lowest BCUT2D eigenvalue weighted by Gasteiger charge is -2.14. The van der Waals surface area contributed by atoms with Crippen molar-refractivity contribution in [1.82, 2.24) is 14.8 Å². The molecule has 134 valence electrons. The van der Waals surface area contributed by atoms with E-state index in [4.69, 9.17) is 27.9 Å². The predicted molar refractivity (Wildman–Crippen MR) is 93.0 cm³/mol. The molecule has 2 aromatic rings. The van der Waals surface area contributed by atoms with Crippen molar-refractivity contribution in [2.24, 2.45) is 11.8 Å². The van der Waals surface area contributed by atoms with Crippen LogP contribution in [0.15, 0.2) is 24.5 Å². The molecule has 1 aromatic carbocycles. The summed E-state index contributed by atoms with van der Waals surface area (Å²) < 4.78 is 7.28. The number of benzene rings is 1. The van der Waals surface area contributed by atoms with E-state index in [1.807, 2.05) is 0 Å². The maximum absolute atomic E-state index is 12.7. The van der Waals surface area contributed by atoms with Gasteiger partial charge in [-0.2, -0.15) is 4.98 Å². The molecule has 5 rings (SSSR count). The van der Waals surface area contributed by atoms with Crippen LogP contribution < -0.4 is 4.90 Å². The second-order valence-electron chi connectivity index (χ2n) is 6.83. The predicted octanol–water partition coefficient (Wildman–Crippen LogP) is 2.30. The van der Waals surface area contributed by atoms with Gasteiger partial charge < -0.3 is 4.74 Å². The van der Waals surface area contributed by atoms with Crippen molar-refractivity contribution in [2.45, 2.75) is 31.6 Å². The lowest BCUT2D eigenvalue weighted by Crippen LogP contribution is -2.35. The zero-order valence-electron chi connectivity index (χ0n) is 13.5. The number of ether oxygens (including phenoxy) is 1. The molecule has 3 saturated heterocycles. The molecule has 26 heavy (non-hydrogen) atoms. The Labute approximate surface area is 158 Å². The van der Waals surface area contributed by atoms with Crippen molar-refractivity contribution in [1.29, 1.82) is 0 Å². The van der Waals surface area contributed by atoms with Crippen LogP contribution in [0.1, 0.15) is 18.4 Å². The minimum Gasteiger partial charge on any atom is -0.373 e. The second-order valence-corrected chi connectivity index (χ2v) is 7.68. The Hall–Kier alpha value is -1.96. The number of imide groups is 1. The first-order chi connectivity index (χ1) is 12.5. The summed E-state index contributed by atoms with van der Waals surface area (Å²) in [5.74, 6) is -1.18. The molecule has 4 atom stereocenters. The third-order valence-electron chi connectivity index (χ3n) is 5.36. The Balaban J connectivity index is 1.40. The van der Waals surface area contributed by atoms with Crippen molar-refractivity contribution in [3.05, 3.63) is 40.1 Å². The van der Waals surface area contributed by atoms with Gasteiger partial charge in [0.1, 0.15) is 6.33 Å². The Morgan fingerprint density at radius 3 is 2.46 bits per heavy atom. The van der Waals surface area contributed by atoms with Gasteiger partial charge in [0.15, 0.2) is 0 Å². The molecule has 0 radical (unpaired) electrons. The monoisotopic (exact) mass is 392 g/mol. The van der Waals surface area contributed by atoms with E-state index >= 15 is 0 Å². The summed E-state index contributed by atoms with van der Waals surface area (Å²) in [5, 5.41) is 5.38. The number of rotatable bonds is 3. The van der Waals surface area contributed by atoms with Gasteiger partial charge in [0, 0.05) is 10.0 Å². The topological polar surface area (TPSA) is 77.3 Å². The summed E-state index contributed by atoms with van der Waals surface area (Å²) in [6.45, 7) is 0.362. The summed E-state index contributed by atoms with van der Waals surface area (Å²) in [6.07, 6.45) is 2.84. The van der Waals surface area contributed by atoms with Gasteiger partial charge in [0.25, 0.3) is 5.95 Å². The largest absolute Gasteiger partial charge is 0.373 e. The standard InChI is InChI=1S/C17H14Cl2N4O3/c18-9-2-1-8(10(19)5-9)6-22-7-20-17(21-22)23-15(24)13-11-3-4-12(26-11)14(13)16(23)25/h1-2,5,7,11-14H,3-4,6H2/t11-,12+,13-,14-/m0/s1. The smallest absolute Gasteiger partial charge is 0.258 e. The molecule has 7 nitrogen and oxygen atoms in total. The Morgan fingerprint density at radius 1 is 1.12 bits per heavy atom. The molecule has 3 aliphatic rings. The van der Waals surface area contributed by atoms with Gasteiger partial charge >= 0.3 is 0 Å². The Bertz CT molecular complexity index is 902. The number of hydrogen-bond acceptors (Lipinski definition) is 5. The van der Waals surface area contributed by atoms with E-state index in [2.05, 4.69) is 10.1 Å². The van der Waals surface area contributed by atoms with Gasteiger partial charge in [-0.3, -0.25) is 9.59 Å². The Kier molecular flexibility index (Phi) is 3.60. The molecular formula is C17H14Cl2N4O3. The van der Waals surface area contributed by atoms with E-state index in [0.717, 1.165) is 23.3 Å². The van der Waals surface area contributed by atoms with E-state index < -0.39 is 0 Å². The first-order valence-electron chi connectivity index (χ1n) is 8.39. The summed E-state index contributed by atoms with van der Waals surface area (Å²) in [5.41, 5.74) is 0.815. The number of fused-ring (bicyclic) bond motifs is 5. The fraction of sp³-hybridized carbons (Fsp3) is 0.412. The zero-order valence-corrected chi connectivity index (χ0v) is 15.0. The number of carbonyl (C=O) groups is 2. The highest BCUT2D eigenvalue weighted by atomic mass is 35.5. The Morgan fingerprint density at radius 2 is 1.81 bits per heavy atom. The highest BCUT2D eigenvalue weighted by Crippen LogP contribution is 2.48. The first-order valence-corrected chi connectivity index (χ1v) is 9.15. The summed E-state index contributed by atoms with van der Waals surface area (Å²) >= 11 is 12.1. The van der Waals surface area contributed by atoms with Crippen LogP contribution in [0.25, 0.3) is 0 Å². The van der Waals surface area contributed by atoms with Crippen molar-refractivity contribution < 1.29 is 14.3 Å². The molecule has 9 heteroatoms. The van der Waals surface area contributed by atoms with Gasteiger partial charge in [0.05, 0.1) is 30.6 Å². The number of aromatic nitrogens is 3. The fourth-order valence-corrected chi connectivity index (χ4v) is 4.67. The van der Waals surface area contributed by atoms with Crippen LogP contribution in [-0.2, 0) is 20.9 Å². The van der Waals surface area contributed by atoms with Gasteiger partial charge in [-0.25, -0.2) is 9.58 Å². The van der Waals surface area contributed by atoms with Crippen LogP contribution in [0.5, 0.6) is 0 Å². The molecule has 2 bridgehead atoms. The number of nitrogens with zero attached hydrogens (tertiary/aromatic N) is 4. The van der Waals surface area contributed by atoms with Crippen molar-refractivity contribution in [3.8, 4) is 0 Å².